The van der Waals surface area contributed by atoms with Crippen LogP contribution in [0.3, 0.4) is 0 Å². The van der Waals surface area contributed by atoms with Crippen LogP contribution in [0.4, 0.5) is 0 Å². The second-order valence-corrected chi connectivity index (χ2v) is 7.15. The average Bonchev–Trinajstić information content (AvgIpc) is 2.92. The summed E-state index contributed by atoms with van der Waals surface area (Å²) in [5.41, 5.74) is 1.35. The van der Waals surface area contributed by atoms with Gasteiger partial charge in [0.25, 0.3) is 0 Å². The maximum Gasteiger partial charge on any atom is 0.306 e. The standard InChI is InChI=1S/C19H26N2O3/c1-21(12-15-6-3-2-4-7-15)19(8-5-9-19)14-20-17(22)10-16-11-18(23)24-13-16/h2-4,6-7,16H,5,8-14H2,1H3,(H,20,22). The van der Waals surface area contributed by atoms with Crippen molar-refractivity contribution >= 4 is 11.9 Å². The minimum Gasteiger partial charge on any atom is -0.465 e. The van der Waals surface area contributed by atoms with Crippen LogP contribution in [-0.2, 0) is 20.9 Å². The number of hydrogen-bond donors (Lipinski definition) is 1. The summed E-state index contributed by atoms with van der Waals surface area (Å²) in [5, 5.41) is 3.09. The molecule has 2 fully saturated rings. The van der Waals surface area contributed by atoms with Crippen molar-refractivity contribution < 1.29 is 14.3 Å². The maximum absolute atomic E-state index is 12.2. The molecule has 0 spiro atoms. The molecule has 1 amide bonds. The Kier molecular flexibility index (Phi) is 5.19. The summed E-state index contributed by atoms with van der Waals surface area (Å²) in [7, 11) is 2.14. The lowest BCUT2D eigenvalue weighted by Gasteiger charge is -2.49. The molecule has 1 heterocycles. The molecular formula is C19H26N2O3. The number of hydrogen-bond acceptors (Lipinski definition) is 4. The van der Waals surface area contributed by atoms with Crippen molar-refractivity contribution in [3.05, 3.63) is 35.9 Å². The van der Waals surface area contributed by atoms with E-state index >= 15 is 0 Å². The Morgan fingerprint density at radius 3 is 2.67 bits per heavy atom. The Labute approximate surface area is 143 Å². The molecule has 1 aliphatic carbocycles. The molecule has 1 aromatic carbocycles. The first kappa shape index (κ1) is 17.0. The van der Waals surface area contributed by atoms with Crippen LogP contribution < -0.4 is 5.32 Å². The molecule has 1 aliphatic heterocycles. The van der Waals surface area contributed by atoms with Gasteiger partial charge in [0.05, 0.1) is 13.0 Å². The number of likely N-dealkylation sites (N-methyl/N-ethyl adjacent to an activating group) is 1. The smallest absolute Gasteiger partial charge is 0.306 e. The zero-order valence-electron chi connectivity index (χ0n) is 14.3. The fourth-order valence-electron chi connectivity index (χ4n) is 3.60. The predicted octanol–water partition coefficient (Wildman–Crippen LogP) is 2.11. The molecule has 1 unspecified atom stereocenters. The minimum atomic E-state index is -0.189. The number of esters is 1. The number of rotatable bonds is 7. The highest BCUT2D eigenvalue weighted by Gasteiger charge is 2.41. The highest BCUT2D eigenvalue weighted by molar-refractivity contribution is 5.78. The van der Waals surface area contributed by atoms with Crippen molar-refractivity contribution in [1.82, 2.24) is 10.2 Å². The molecule has 1 saturated carbocycles. The van der Waals surface area contributed by atoms with E-state index in [0.717, 1.165) is 19.4 Å². The van der Waals surface area contributed by atoms with Gasteiger partial charge in [0, 0.05) is 31.0 Å². The lowest BCUT2D eigenvalue weighted by Crippen LogP contribution is -2.58. The first-order valence-electron chi connectivity index (χ1n) is 8.75. The molecule has 1 atom stereocenters. The number of nitrogens with zero attached hydrogens (tertiary/aromatic N) is 1. The van der Waals surface area contributed by atoms with E-state index in [1.54, 1.807) is 0 Å². The van der Waals surface area contributed by atoms with Gasteiger partial charge in [-0.25, -0.2) is 0 Å². The van der Waals surface area contributed by atoms with Gasteiger partial charge in [0.2, 0.25) is 5.91 Å². The molecule has 1 N–H and O–H groups in total. The summed E-state index contributed by atoms with van der Waals surface area (Å²) in [6, 6.07) is 10.4. The lowest BCUT2D eigenvalue weighted by molar-refractivity contribution is -0.138. The quantitative estimate of drug-likeness (QED) is 0.778. The summed E-state index contributed by atoms with van der Waals surface area (Å²) in [4.78, 5) is 25.7. The van der Waals surface area contributed by atoms with Gasteiger partial charge in [0.15, 0.2) is 0 Å². The zero-order valence-corrected chi connectivity index (χ0v) is 14.3. The highest BCUT2D eigenvalue weighted by Crippen LogP contribution is 2.37. The second-order valence-electron chi connectivity index (χ2n) is 7.15. The first-order chi connectivity index (χ1) is 11.6. The van der Waals surface area contributed by atoms with Gasteiger partial charge < -0.3 is 10.1 Å². The van der Waals surface area contributed by atoms with Crippen molar-refractivity contribution in [2.45, 2.75) is 44.2 Å². The second kappa shape index (κ2) is 7.34. The van der Waals surface area contributed by atoms with Crippen molar-refractivity contribution in [3.8, 4) is 0 Å². The fourth-order valence-corrected chi connectivity index (χ4v) is 3.60. The molecule has 5 nitrogen and oxygen atoms in total. The number of carbonyl (C=O) groups is 2. The van der Waals surface area contributed by atoms with Crippen LogP contribution in [0.2, 0.25) is 0 Å². The molecule has 5 heteroatoms. The molecule has 130 valence electrons. The first-order valence-corrected chi connectivity index (χ1v) is 8.75. The summed E-state index contributed by atoms with van der Waals surface area (Å²) in [5.74, 6) is -0.125. The summed E-state index contributed by atoms with van der Waals surface area (Å²) >= 11 is 0. The molecule has 3 rings (SSSR count). The van der Waals surface area contributed by atoms with Crippen molar-refractivity contribution in [2.24, 2.45) is 5.92 Å². The molecule has 1 aromatic rings. The van der Waals surface area contributed by atoms with E-state index < -0.39 is 0 Å². The van der Waals surface area contributed by atoms with Gasteiger partial charge in [0.1, 0.15) is 0 Å². The number of nitrogens with one attached hydrogen (secondary N) is 1. The van der Waals surface area contributed by atoms with Crippen LogP contribution in [0.1, 0.15) is 37.7 Å². The van der Waals surface area contributed by atoms with Crippen LogP contribution >= 0.6 is 0 Å². The number of ether oxygens (including phenoxy) is 1. The highest BCUT2D eigenvalue weighted by atomic mass is 16.5. The van der Waals surface area contributed by atoms with E-state index in [4.69, 9.17) is 4.74 Å². The van der Waals surface area contributed by atoms with E-state index in [1.807, 2.05) is 6.07 Å². The van der Waals surface area contributed by atoms with Gasteiger partial charge >= 0.3 is 5.97 Å². The molecule has 0 radical (unpaired) electrons. The van der Waals surface area contributed by atoms with Crippen LogP contribution in [0, 0.1) is 5.92 Å². The van der Waals surface area contributed by atoms with Gasteiger partial charge in [-0.1, -0.05) is 30.3 Å². The fraction of sp³-hybridized carbons (Fsp3) is 0.579. The van der Waals surface area contributed by atoms with E-state index in [0.29, 0.717) is 26.0 Å². The molecule has 0 aromatic heterocycles. The monoisotopic (exact) mass is 330 g/mol. The van der Waals surface area contributed by atoms with Gasteiger partial charge in [-0.3, -0.25) is 14.5 Å². The molecule has 1 saturated heterocycles. The number of carbonyl (C=O) groups excluding carboxylic acids is 2. The van der Waals surface area contributed by atoms with E-state index in [1.165, 1.54) is 12.0 Å². The lowest BCUT2D eigenvalue weighted by atomic mass is 9.75. The third-order valence-corrected chi connectivity index (χ3v) is 5.38. The topological polar surface area (TPSA) is 58.6 Å². The van der Waals surface area contributed by atoms with Crippen LogP contribution in [-0.4, -0.2) is 42.5 Å². The van der Waals surface area contributed by atoms with Crippen LogP contribution in [0.5, 0.6) is 0 Å². The molecule has 0 bridgehead atoms. The van der Waals surface area contributed by atoms with Crippen LogP contribution in [0.15, 0.2) is 30.3 Å². The summed E-state index contributed by atoms with van der Waals surface area (Å²) in [6.45, 7) is 1.95. The minimum absolute atomic E-state index is 0.0256. The van der Waals surface area contributed by atoms with E-state index in [9.17, 15) is 9.59 Å². The van der Waals surface area contributed by atoms with Crippen LogP contribution in [0.25, 0.3) is 0 Å². The Hall–Kier alpha value is -1.88. The third-order valence-electron chi connectivity index (χ3n) is 5.38. The average molecular weight is 330 g/mol. The number of amides is 1. The van der Waals surface area contributed by atoms with E-state index in [-0.39, 0.29) is 23.3 Å². The molecule has 2 aliphatic rings. The Balaban J connectivity index is 1.50. The van der Waals surface area contributed by atoms with Crippen molar-refractivity contribution in [1.29, 1.82) is 0 Å². The Morgan fingerprint density at radius 2 is 2.08 bits per heavy atom. The van der Waals surface area contributed by atoms with Crippen molar-refractivity contribution in [2.75, 3.05) is 20.2 Å². The van der Waals surface area contributed by atoms with Gasteiger partial charge in [-0.15, -0.1) is 0 Å². The van der Waals surface area contributed by atoms with Gasteiger partial charge in [-0.05, 0) is 31.9 Å². The Bertz CT molecular complexity index is 584. The molecular weight excluding hydrogens is 304 g/mol. The predicted molar refractivity (Wildman–Crippen MR) is 91.2 cm³/mol. The largest absolute Gasteiger partial charge is 0.465 e. The maximum atomic E-state index is 12.2. The Morgan fingerprint density at radius 1 is 1.33 bits per heavy atom. The zero-order chi connectivity index (χ0) is 17.0. The molecule has 24 heavy (non-hydrogen) atoms. The van der Waals surface area contributed by atoms with Crippen molar-refractivity contribution in [3.63, 3.8) is 0 Å². The summed E-state index contributed by atoms with van der Waals surface area (Å²) in [6.07, 6.45) is 4.18. The third kappa shape index (κ3) is 3.96. The SMILES string of the molecule is CN(Cc1ccccc1)C1(CNC(=O)CC2COC(=O)C2)CCC1. The summed E-state index contributed by atoms with van der Waals surface area (Å²) < 4.78 is 4.92. The van der Waals surface area contributed by atoms with Gasteiger partial charge in [-0.2, -0.15) is 0 Å². The number of benzene rings is 1. The number of cyclic esters (lactones) is 1. The van der Waals surface area contributed by atoms with E-state index in [2.05, 4.69) is 41.5 Å². The normalized spacial score (nSPS) is 22.1.